The van der Waals surface area contributed by atoms with Gasteiger partial charge in [-0.05, 0) is 6.54 Å². The van der Waals surface area contributed by atoms with Gasteiger partial charge in [-0.1, -0.05) is 27.7 Å². The summed E-state index contributed by atoms with van der Waals surface area (Å²) in [5.41, 5.74) is 1.20. The molecule has 1 aromatic rings. The summed E-state index contributed by atoms with van der Waals surface area (Å²) in [6, 6.07) is 0. The number of hydrogen-bond acceptors (Lipinski definition) is 4. The normalized spacial score (nSPS) is 12.1. The third-order valence-corrected chi connectivity index (χ3v) is 3.76. The van der Waals surface area contributed by atoms with Crippen LogP contribution in [0.15, 0.2) is 0 Å². The summed E-state index contributed by atoms with van der Waals surface area (Å²) in [4.78, 5) is 5.98. The van der Waals surface area contributed by atoms with E-state index in [9.17, 15) is 0 Å². The Hall–Kier alpha value is -0.450. The molecule has 0 unspecified atom stereocenters. The van der Waals surface area contributed by atoms with Crippen molar-refractivity contribution in [3.05, 3.63) is 15.6 Å². The van der Waals surface area contributed by atoms with E-state index in [2.05, 4.69) is 38.0 Å². The number of nitrogens with one attached hydrogen (secondary N) is 1. The number of nitrogens with zero attached hydrogens (tertiary/aromatic N) is 1. The summed E-state index contributed by atoms with van der Waals surface area (Å²) < 4.78 is 5.19. The maximum Gasteiger partial charge on any atom is 0.0986 e. The second kappa shape index (κ2) is 5.75. The molecule has 0 aliphatic heterocycles. The van der Waals surface area contributed by atoms with E-state index in [1.165, 1.54) is 9.88 Å². The smallest absolute Gasteiger partial charge is 0.0986 e. The van der Waals surface area contributed by atoms with Gasteiger partial charge in [0.1, 0.15) is 0 Å². The maximum atomic E-state index is 5.19. The molecule has 1 heterocycles. The van der Waals surface area contributed by atoms with Crippen molar-refractivity contribution in [1.82, 2.24) is 10.3 Å². The van der Waals surface area contributed by atoms with Crippen molar-refractivity contribution in [2.24, 2.45) is 0 Å². The Morgan fingerprint density at radius 2 is 2.06 bits per heavy atom. The SMILES string of the molecule is CCNCc1sc(C(C)(C)C)nc1COC. The quantitative estimate of drug-likeness (QED) is 0.862. The Morgan fingerprint density at radius 1 is 1.38 bits per heavy atom. The van der Waals surface area contributed by atoms with Gasteiger partial charge in [-0.15, -0.1) is 11.3 Å². The van der Waals surface area contributed by atoms with E-state index >= 15 is 0 Å². The van der Waals surface area contributed by atoms with Crippen LogP contribution in [-0.4, -0.2) is 18.6 Å². The molecular formula is C12H22N2OS. The highest BCUT2D eigenvalue weighted by atomic mass is 32.1. The van der Waals surface area contributed by atoms with Crippen LogP contribution >= 0.6 is 11.3 Å². The van der Waals surface area contributed by atoms with Crippen LogP contribution in [0.1, 0.15) is 43.3 Å². The number of hydrogen-bond donors (Lipinski definition) is 1. The van der Waals surface area contributed by atoms with Gasteiger partial charge >= 0.3 is 0 Å². The minimum Gasteiger partial charge on any atom is -0.378 e. The summed E-state index contributed by atoms with van der Waals surface area (Å²) in [6.07, 6.45) is 0. The monoisotopic (exact) mass is 242 g/mol. The Kier molecular flexibility index (Phi) is 4.89. The zero-order valence-electron chi connectivity index (χ0n) is 10.9. The molecule has 0 fully saturated rings. The zero-order chi connectivity index (χ0) is 12.2. The molecule has 0 bridgehead atoms. The minimum absolute atomic E-state index is 0.123. The van der Waals surface area contributed by atoms with Gasteiger partial charge in [0.15, 0.2) is 0 Å². The van der Waals surface area contributed by atoms with Gasteiger partial charge in [0.25, 0.3) is 0 Å². The van der Waals surface area contributed by atoms with Crippen LogP contribution in [0.5, 0.6) is 0 Å². The lowest BCUT2D eigenvalue weighted by Gasteiger charge is -2.13. The molecule has 0 amide bonds. The molecule has 0 saturated heterocycles. The largest absolute Gasteiger partial charge is 0.378 e. The fourth-order valence-electron chi connectivity index (χ4n) is 1.33. The first-order chi connectivity index (χ1) is 7.49. The molecule has 0 spiro atoms. The van der Waals surface area contributed by atoms with Gasteiger partial charge in [0.05, 0.1) is 17.3 Å². The topological polar surface area (TPSA) is 34.2 Å². The van der Waals surface area contributed by atoms with E-state index in [1.807, 2.05) is 0 Å². The van der Waals surface area contributed by atoms with Gasteiger partial charge in [0.2, 0.25) is 0 Å². The highest BCUT2D eigenvalue weighted by molar-refractivity contribution is 7.11. The molecule has 16 heavy (non-hydrogen) atoms. The molecular weight excluding hydrogens is 220 g/mol. The molecule has 0 atom stereocenters. The standard InChI is InChI=1S/C12H22N2OS/c1-6-13-7-10-9(8-15-5)14-11(16-10)12(2,3)4/h13H,6-8H2,1-5H3. The van der Waals surface area contributed by atoms with Gasteiger partial charge in [-0.2, -0.15) is 0 Å². The molecule has 92 valence electrons. The van der Waals surface area contributed by atoms with Crippen molar-refractivity contribution in [1.29, 1.82) is 0 Å². The first-order valence-electron chi connectivity index (χ1n) is 5.67. The molecule has 1 N–H and O–H groups in total. The lowest BCUT2D eigenvalue weighted by Crippen LogP contribution is -2.12. The van der Waals surface area contributed by atoms with Crippen molar-refractivity contribution < 1.29 is 4.74 Å². The van der Waals surface area contributed by atoms with Gasteiger partial charge in [0, 0.05) is 23.9 Å². The van der Waals surface area contributed by atoms with Crippen molar-refractivity contribution in [2.75, 3.05) is 13.7 Å². The molecule has 0 aliphatic carbocycles. The molecule has 0 aromatic carbocycles. The van der Waals surface area contributed by atoms with E-state index in [1.54, 1.807) is 18.4 Å². The predicted molar refractivity (Wildman–Crippen MR) is 68.9 cm³/mol. The molecule has 4 heteroatoms. The van der Waals surface area contributed by atoms with E-state index in [4.69, 9.17) is 4.74 Å². The van der Waals surface area contributed by atoms with Crippen LogP contribution in [0.25, 0.3) is 0 Å². The number of methoxy groups -OCH3 is 1. The van der Waals surface area contributed by atoms with E-state index < -0.39 is 0 Å². The van der Waals surface area contributed by atoms with Crippen molar-refractivity contribution >= 4 is 11.3 Å². The van der Waals surface area contributed by atoms with Crippen LogP contribution in [0.4, 0.5) is 0 Å². The van der Waals surface area contributed by atoms with Crippen LogP contribution in [0.2, 0.25) is 0 Å². The third kappa shape index (κ3) is 3.54. The molecule has 0 radical (unpaired) electrons. The Labute approximate surface area is 102 Å². The second-order valence-corrected chi connectivity index (χ2v) is 5.94. The van der Waals surface area contributed by atoms with Crippen LogP contribution < -0.4 is 5.32 Å². The summed E-state index contributed by atoms with van der Waals surface area (Å²) in [5.74, 6) is 0. The number of ether oxygens (including phenoxy) is 1. The van der Waals surface area contributed by atoms with E-state index in [0.29, 0.717) is 6.61 Å². The lowest BCUT2D eigenvalue weighted by atomic mass is 9.98. The number of aromatic nitrogens is 1. The van der Waals surface area contributed by atoms with Crippen LogP contribution in [0.3, 0.4) is 0 Å². The fraction of sp³-hybridized carbons (Fsp3) is 0.750. The number of thiazole rings is 1. The highest BCUT2D eigenvalue weighted by Gasteiger charge is 2.21. The van der Waals surface area contributed by atoms with Gasteiger partial charge in [-0.25, -0.2) is 4.98 Å². The first kappa shape index (κ1) is 13.6. The Morgan fingerprint density at radius 3 is 2.56 bits per heavy atom. The minimum atomic E-state index is 0.123. The van der Waals surface area contributed by atoms with Crippen molar-refractivity contribution in [2.45, 2.75) is 46.3 Å². The molecule has 0 saturated carbocycles. The fourth-order valence-corrected chi connectivity index (χ4v) is 2.42. The third-order valence-electron chi connectivity index (χ3n) is 2.24. The van der Waals surface area contributed by atoms with Gasteiger partial charge in [-0.3, -0.25) is 0 Å². The van der Waals surface area contributed by atoms with E-state index in [0.717, 1.165) is 18.8 Å². The predicted octanol–water partition coefficient (Wildman–Crippen LogP) is 2.70. The lowest BCUT2D eigenvalue weighted by molar-refractivity contribution is 0.181. The number of rotatable bonds is 5. The zero-order valence-corrected chi connectivity index (χ0v) is 11.7. The van der Waals surface area contributed by atoms with Crippen LogP contribution in [-0.2, 0) is 23.3 Å². The molecule has 1 rings (SSSR count). The molecule has 0 aliphatic rings. The maximum absolute atomic E-state index is 5.19. The van der Waals surface area contributed by atoms with Crippen LogP contribution in [0, 0.1) is 0 Å². The summed E-state index contributed by atoms with van der Waals surface area (Å²) >= 11 is 1.79. The Bertz CT molecular complexity index is 328. The Balaban J connectivity index is 2.90. The molecule has 3 nitrogen and oxygen atoms in total. The average molecular weight is 242 g/mol. The van der Waals surface area contributed by atoms with E-state index in [-0.39, 0.29) is 5.41 Å². The summed E-state index contributed by atoms with van der Waals surface area (Å²) in [6.45, 7) is 11.2. The van der Waals surface area contributed by atoms with Crippen molar-refractivity contribution in [3.63, 3.8) is 0 Å². The van der Waals surface area contributed by atoms with Gasteiger partial charge < -0.3 is 10.1 Å². The van der Waals surface area contributed by atoms with Crippen molar-refractivity contribution in [3.8, 4) is 0 Å². The summed E-state index contributed by atoms with van der Waals surface area (Å²) in [7, 11) is 1.72. The second-order valence-electron chi connectivity index (χ2n) is 4.85. The molecule has 1 aromatic heterocycles. The first-order valence-corrected chi connectivity index (χ1v) is 6.49. The average Bonchev–Trinajstić information content (AvgIpc) is 2.58. The summed E-state index contributed by atoms with van der Waals surface area (Å²) in [5, 5.41) is 4.53. The highest BCUT2D eigenvalue weighted by Crippen LogP contribution is 2.29.